The number of aromatic nitrogens is 1. The highest BCUT2D eigenvalue weighted by Crippen LogP contribution is 2.46. The number of nitrogens with one attached hydrogen (secondary N) is 1. The van der Waals surface area contributed by atoms with Crippen molar-refractivity contribution in [1.82, 2.24) is 4.98 Å². The van der Waals surface area contributed by atoms with Crippen LogP contribution in [0.5, 0.6) is 0 Å². The number of hydrogen-bond acceptors (Lipinski definition) is 7. The van der Waals surface area contributed by atoms with Gasteiger partial charge in [-0.3, -0.25) is 14.6 Å². The lowest BCUT2D eigenvalue weighted by Crippen LogP contribution is -2.44. The number of nitrogens with two attached hydrogens (primary N) is 1. The van der Waals surface area contributed by atoms with Gasteiger partial charge < -0.3 is 20.2 Å². The van der Waals surface area contributed by atoms with Crippen LogP contribution in [-0.2, 0) is 19.1 Å². The maximum absolute atomic E-state index is 13.2. The summed E-state index contributed by atoms with van der Waals surface area (Å²) in [6.45, 7) is 6.75. The fourth-order valence-electron chi connectivity index (χ4n) is 4.29. The molecule has 1 aromatic rings. The Morgan fingerprint density at radius 3 is 2.67 bits per heavy atom. The Labute approximate surface area is 175 Å². The lowest BCUT2D eigenvalue weighted by atomic mass is 9.63. The minimum absolute atomic E-state index is 0.0323. The molecule has 0 amide bonds. The largest absolute Gasteiger partial charge is 0.463 e. The minimum atomic E-state index is -0.589. The van der Waals surface area contributed by atoms with Gasteiger partial charge in [0.2, 0.25) is 5.56 Å². The zero-order chi connectivity index (χ0) is 21.9. The van der Waals surface area contributed by atoms with Gasteiger partial charge >= 0.3 is 5.97 Å². The van der Waals surface area contributed by atoms with Crippen molar-refractivity contribution in [3.05, 3.63) is 45.5 Å². The number of H-pyrrole nitrogens is 1. The van der Waals surface area contributed by atoms with Gasteiger partial charge in [0.15, 0.2) is 0 Å². The summed E-state index contributed by atoms with van der Waals surface area (Å²) in [5.41, 5.74) is 7.23. The van der Waals surface area contributed by atoms with Crippen LogP contribution in [0.4, 0.5) is 0 Å². The highest BCUT2D eigenvalue weighted by Gasteiger charge is 2.48. The first kappa shape index (κ1) is 22.1. The Balaban J connectivity index is 2.18. The Hall–Kier alpha value is -2.58. The highest BCUT2D eigenvalue weighted by molar-refractivity contribution is 6.12. The summed E-state index contributed by atoms with van der Waals surface area (Å²) in [7, 11) is 0. The van der Waals surface area contributed by atoms with Crippen LogP contribution in [0.3, 0.4) is 0 Å². The normalized spacial score (nSPS) is 23.1. The molecule has 8 heteroatoms. The quantitative estimate of drug-likeness (QED) is 0.516. The van der Waals surface area contributed by atoms with E-state index in [1.54, 1.807) is 19.2 Å². The summed E-state index contributed by atoms with van der Waals surface area (Å²) in [5, 5.41) is 0. The molecule has 8 nitrogen and oxygen atoms in total. The SMILES string of the molecule is CCOC(=O)C1=C(COCCN)N=C2CC(C)(C)CC(=O)C2C1c1ccc(=O)[nH]c1. The second kappa shape index (κ2) is 9.06. The van der Waals surface area contributed by atoms with Crippen LogP contribution < -0.4 is 11.3 Å². The number of aromatic amines is 1. The van der Waals surface area contributed by atoms with Gasteiger partial charge in [0.05, 0.1) is 37.0 Å². The molecule has 0 saturated heterocycles. The van der Waals surface area contributed by atoms with Crippen molar-refractivity contribution >= 4 is 17.5 Å². The van der Waals surface area contributed by atoms with Crippen LogP contribution in [0.25, 0.3) is 0 Å². The third-order valence-corrected chi connectivity index (χ3v) is 5.42. The van der Waals surface area contributed by atoms with Crippen molar-refractivity contribution in [2.24, 2.45) is 22.1 Å². The Bertz CT molecular complexity index is 924. The average molecular weight is 415 g/mol. The van der Waals surface area contributed by atoms with Crippen LogP contribution in [0.15, 0.2) is 39.4 Å². The third kappa shape index (κ3) is 4.60. The maximum atomic E-state index is 13.2. The summed E-state index contributed by atoms with van der Waals surface area (Å²) in [4.78, 5) is 45.2. The molecule has 1 aliphatic heterocycles. The number of Topliss-reactive ketones (excluding diaryl/α,β-unsaturated/α-hetero) is 1. The van der Waals surface area contributed by atoms with Gasteiger partial charge in [0, 0.05) is 36.9 Å². The Morgan fingerprint density at radius 1 is 1.27 bits per heavy atom. The number of ether oxygens (including phenoxy) is 2. The fraction of sp³-hybridized carbons (Fsp3) is 0.545. The predicted octanol–water partition coefficient (Wildman–Crippen LogP) is 1.71. The third-order valence-electron chi connectivity index (χ3n) is 5.42. The fourth-order valence-corrected chi connectivity index (χ4v) is 4.29. The van der Waals surface area contributed by atoms with Crippen molar-refractivity contribution < 1.29 is 19.1 Å². The molecule has 2 aliphatic rings. The van der Waals surface area contributed by atoms with Gasteiger partial charge in [-0.15, -0.1) is 0 Å². The first-order chi connectivity index (χ1) is 14.3. The van der Waals surface area contributed by atoms with E-state index in [1.807, 2.05) is 13.8 Å². The van der Waals surface area contributed by atoms with Gasteiger partial charge in [-0.1, -0.05) is 19.9 Å². The van der Waals surface area contributed by atoms with Crippen molar-refractivity contribution in [1.29, 1.82) is 0 Å². The molecule has 1 saturated carbocycles. The monoisotopic (exact) mass is 415 g/mol. The molecule has 0 radical (unpaired) electrons. The summed E-state index contributed by atoms with van der Waals surface area (Å²) in [5.74, 6) is -1.65. The standard InChI is InChI=1S/C22H29N3O5/c1-4-30-21(28)20-15(12-29-8-7-23)25-14-9-22(2,3)10-16(26)19(14)18(20)13-5-6-17(27)24-11-13/h5-6,11,18-19H,4,7-10,12,23H2,1-3H3,(H,24,27). The highest BCUT2D eigenvalue weighted by atomic mass is 16.5. The van der Waals surface area contributed by atoms with E-state index in [0.717, 1.165) is 5.71 Å². The molecule has 1 aromatic heterocycles. The maximum Gasteiger partial charge on any atom is 0.336 e. The van der Waals surface area contributed by atoms with Crippen LogP contribution >= 0.6 is 0 Å². The average Bonchev–Trinajstić information content (AvgIpc) is 2.67. The number of carbonyl (C=O) groups excluding carboxylic acids is 2. The molecular formula is C22H29N3O5. The number of aliphatic imine (C=N–C) groups is 1. The number of fused-ring (bicyclic) bond motifs is 1. The molecule has 2 unspecified atom stereocenters. The van der Waals surface area contributed by atoms with E-state index in [2.05, 4.69) is 4.98 Å². The van der Waals surface area contributed by atoms with Crippen molar-refractivity contribution in [2.75, 3.05) is 26.4 Å². The van der Waals surface area contributed by atoms with Crippen LogP contribution in [0, 0.1) is 11.3 Å². The molecule has 162 valence electrons. The number of hydrogen-bond donors (Lipinski definition) is 2. The van der Waals surface area contributed by atoms with Crippen LogP contribution in [-0.4, -0.2) is 48.8 Å². The van der Waals surface area contributed by atoms with Crippen LogP contribution in [0.1, 0.15) is 45.1 Å². The number of esters is 1. The number of ketones is 1. The molecule has 0 bridgehead atoms. The van der Waals surface area contributed by atoms with E-state index >= 15 is 0 Å². The molecule has 0 spiro atoms. The topological polar surface area (TPSA) is 124 Å². The zero-order valence-corrected chi connectivity index (χ0v) is 17.7. The van der Waals surface area contributed by atoms with E-state index < -0.39 is 17.8 Å². The van der Waals surface area contributed by atoms with E-state index in [-0.39, 0.29) is 30.0 Å². The molecule has 3 rings (SSSR count). The Kier molecular flexibility index (Phi) is 6.67. The van der Waals surface area contributed by atoms with E-state index in [4.69, 9.17) is 20.2 Å². The van der Waals surface area contributed by atoms with Crippen molar-refractivity contribution in [2.45, 2.75) is 39.5 Å². The van der Waals surface area contributed by atoms with E-state index in [9.17, 15) is 14.4 Å². The molecule has 30 heavy (non-hydrogen) atoms. The summed E-state index contributed by atoms with van der Waals surface area (Å²) in [6, 6.07) is 3.04. The van der Waals surface area contributed by atoms with E-state index in [0.29, 0.717) is 42.8 Å². The Morgan fingerprint density at radius 2 is 2.03 bits per heavy atom. The smallest absolute Gasteiger partial charge is 0.336 e. The first-order valence-corrected chi connectivity index (χ1v) is 10.2. The van der Waals surface area contributed by atoms with Gasteiger partial charge in [0.1, 0.15) is 5.78 Å². The van der Waals surface area contributed by atoms with Gasteiger partial charge in [-0.2, -0.15) is 0 Å². The summed E-state index contributed by atoms with van der Waals surface area (Å²) >= 11 is 0. The number of pyridine rings is 1. The van der Waals surface area contributed by atoms with Crippen molar-refractivity contribution in [3.8, 4) is 0 Å². The van der Waals surface area contributed by atoms with Crippen molar-refractivity contribution in [3.63, 3.8) is 0 Å². The summed E-state index contributed by atoms with van der Waals surface area (Å²) < 4.78 is 10.9. The minimum Gasteiger partial charge on any atom is -0.463 e. The second-order valence-electron chi connectivity index (χ2n) is 8.45. The first-order valence-electron chi connectivity index (χ1n) is 10.2. The number of carbonyl (C=O) groups is 2. The lowest BCUT2D eigenvalue weighted by Gasteiger charge is -2.41. The molecule has 1 fully saturated rings. The lowest BCUT2D eigenvalue weighted by molar-refractivity contribution is -0.139. The molecule has 2 heterocycles. The van der Waals surface area contributed by atoms with Gasteiger partial charge in [-0.25, -0.2) is 4.79 Å². The molecule has 1 aliphatic carbocycles. The van der Waals surface area contributed by atoms with Gasteiger partial charge in [-0.05, 0) is 24.3 Å². The van der Waals surface area contributed by atoms with Gasteiger partial charge in [0.25, 0.3) is 0 Å². The molecular weight excluding hydrogens is 386 g/mol. The molecule has 0 aromatic carbocycles. The second-order valence-corrected chi connectivity index (χ2v) is 8.45. The zero-order valence-electron chi connectivity index (χ0n) is 17.7. The number of rotatable bonds is 7. The van der Waals surface area contributed by atoms with Crippen LogP contribution in [0.2, 0.25) is 0 Å². The summed E-state index contributed by atoms with van der Waals surface area (Å²) in [6.07, 6.45) is 2.59. The molecule has 3 N–H and O–H groups in total. The molecule has 2 atom stereocenters. The predicted molar refractivity (Wildman–Crippen MR) is 112 cm³/mol. The number of nitrogens with zero attached hydrogens (tertiary/aromatic N) is 1. The van der Waals surface area contributed by atoms with E-state index in [1.165, 1.54) is 6.07 Å².